The average molecular weight is 460 g/mol. The number of carbonyl (C=O) groups excluding carboxylic acids is 1. The zero-order chi connectivity index (χ0) is 21.7. The highest BCUT2D eigenvalue weighted by atomic mass is 32.2. The fourth-order valence-electron chi connectivity index (χ4n) is 2.94. The van der Waals surface area contributed by atoms with Gasteiger partial charge in [-0.2, -0.15) is 13.2 Å². The maximum atomic E-state index is 12.9. The maximum absolute atomic E-state index is 12.9. The van der Waals surface area contributed by atoms with Gasteiger partial charge in [-0.3, -0.25) is 4.79 Å². The third kappa shape index (κ3) is 6.24. The largest absolute Gasteiger partial charge is 0.416 e. The first kappa shape index (κ1) is 22.7. The van der Waals surface area contributed by atoms with E-state index < -0.39 is 11.7 Å². The monoisotopic (exact) mass is 459 g/mol. The Bertz CT molecular complexity index is 851. The number of carbonyl (C=O) groups is 1. The SMILES string of the molecule is CC(C)CNc1nnc(SCC(=O)N2CCN(c3cccc(C(F)(F)F)c3)CC2)s1. The number of alkyl halides is 3. The van der Waals surface area contributed by atoms with Gasteiger partial charge in [0.15, 0.2) is 4.34 Å². The van der Waals surface area contributed by atoms with Gasteiger partial charge in [0.05, 0.1) is 11.3 Å². The van der Waals surface area contributed by atoms with Crippen molar-refractivity contribution in [1.29, 1.82) is 0 Å². The summed E-state index contributed by atoms with van der Waals surface area (Å²) in [6, 6.07) is 5.31. The van der Waals surface area contributed by atoms with Crippen LogP contribution in [0.2, 0.25) is 0 Å². The number of nitrogens with zero attached hydrogens (tertiary/aromatic N) is 4. The summed E-state index contributed by atoms with van der Waals surface area (Å²) < 4.78 is 39.5. The molecule has 164 valence electrons. The van der Waals surface area contributed by atoms with Crippen LogP contribution in [0.4, 0.5) is 24.0 Å². The molecule has 1 saturated heterocycles. The number of piperazine rings is 1. The highest BCUT2D eigenvalue weighted by Crippen LogP contribution is 2.32. The molecular weight excluding hydrogens is 435 g/mol. The van der Waals surface area contributed by atoms with Crippen LogP contribution in [0.15, 0.2) is 28.6 Å². The van der Waals surface area contributed by atoms with Gasteiger partial charge in [-0.05, 0) is 24.1 Å². The Morgan fingerprint density at radius 2 is 1.97 bits per heavy atom. The Balaban J connectivity index is 1.46. The van der Waals surface area contributed by atoms with E-state index in [1.165, 1.54) is 29.2 Å². The molecule has 1 amide bonds. The first-order valence-electron chi connectivity index (χ1n) is 9.62. The molecule has 0 radical (unpaired) electrons. The standard InChI is InChI=1S/C19H24F3N5OS2/c1-13(2)11-23-17-24-25-18(30-17)29-12-16(28)27-8-6-26(7-9-27)15-5-3-4-14(10-15)19(20,21)22/h3-5,10,13H,6-9,11-12H2,1-2H3,(H,23,24). The summed E-state index contributed by atoms with van der Waals surface area (Å²) in [7, 11) is 0. The predicted octanol–water partition coefficient (Wildman–Crippen LogP) is 4.07. The van der Waals surface area contributed by atoms with Crippen LogP contribution in [0, 0.1) is 5.92 Å². The molecule has 30 heavy (non-hydrogen) atoms. The van der Waals surface area contributed by atoms with Crippen molar-refractivity contribution in [1.82, 2.24) is 15.1 Å². The highest BCUT2D eigenvalue weighted by molar-refractivity contribution is 8.01. The van der Waals surface area contributed by atoms with E-state index in [4.69, 9.17) is 0 Å². The Hall–Kier alpha value is -2.01. The number of aromatic nitrogens is 2. The molecule has 1 N–H and O–H groups in total. The predicted molar refractivity (Wildman–Crippen MR) is 114 cm³/mol. The van der Waals surface area contributed by atoms with E-state index in [0.29, 0.717) is 37.8 Å². The summed E-state index contributed by atoms with van der Waals surface area (Å²) in [5.74, 6) is 0.763. The molecule has 1 aromatic heterocycles. The van der Waals surface area contributed by atoms with Gasteiger partial charge in [0, 0.05) is 38.4 Å². The molecule has 0 unspecified atom stereocenters. The number of hydrogen-bond donors (Lipinski definition) is 1. The van der Waals surface area contributed by atoms with Crippen LogP contribution in [-0.2, 0) is 11.0 Å². The Morgan fingerprint density at radius 1 is 1.23 bits per heavy atom. The van der Waals surface area contributed by atoms with Crippen LogP contribution in [0.1, 0.15) is 19.4 Å². The number of amides is 1. The first-order valence-corrected chi connectivity index (χ1v) is 11.4. The van der Waals surface area contributed by atoms with Gasteiger partial charge in [-0.25, -0.2) is 0 Å². The second-order valence-corrected chi connectivity index (χ2v) is 9.55. The van der Waals surface area contributed by atoms with Crippen LogP contribution in [0.3, 0.4) is 0 Å². The van der Waals surface area contributed by atoms with Crippen molar-refractivity contribution in [3.8, 4) is 0 Å². The molecule has 1 aliphatic rings. The molecule has 11 heteroatoms. The van der Waals surface area contributed by atoms with Crippen LogP contribution in [-0.4, -0.2) is 59.5 Å². The second-order valence-electron chi connectivity index (χ2n) is 7.35. The van der Waals surface area contributed by atoms with E-state index >= 15 is 0 Å². The van der Waals surface area contributed by atoms with Crippen LogP contribution >= 0.6 is 23.1 Å². The highest BCUT2D eigenvalue weighted by Gasteiger charge is 2.31. The smallest absolute Gasteiger partial charge is 0.368 e. The van der Waals surface area contributed by atoms with Gasteiger partial charge in [-0.1, -0.05) is 43.0 Å². The fraction of sp³-hybridized carbons (Fsp3) is 0.526. The number of benzene rings is 1. The summed E-state index contributed by atoms with van der Waals surface area (Å²) in [4.78, 5) is 16.1. The summed E-state index contributed by atoms with van der Waals surface area (Å²) in [6.07, 6.45) is -4.36. The van der Waals surface area contributed by atoms with Gasteiger partial charge in [0.1, 0.15) is 0 Å². The van der Waals surface area contributed by atoms with Crippen LogP contribution in [0.5, 0.6) is 0 Å². The van der Waals surface area contributed by atoms with E-state index in [9.17, 15) is 18.0 Å². The Kier molecular flexibility index (Phi) is 7.45. The molecule has 0 bridgehead atoms. The fourth-order valence-corrected chi connectivity index (χ4v) is 4.60. The number of halogens is 3. The van der Waals surface area contributed by atoms with E-state index in [1.807, 2.05) is 4.90 Å². The summed E-state index contributed by atoms with van der Waals surface area (Å²) in [5.41, 5.74) is -0.129. The van der Waals surface area contributed by atoms with E-state index in [-0.39, 0.29) is 11.7 Å². The number of hydrogen-bond acceptors (Lipinski definition) is 7. The van der Waals surface area contributed by atoms with Crippen molar-refractivity contribution < 1.29 is 18.0 Å². The molecule has 6 nitrogen and oxygen atoms in total. The van der Waals surface area contributed by atoms with Gasteiger partial charge >= 0.3 is 6.18 Å². The number of rotatable bonds is 7. The third-order valence-electron chi connectivity index (χ3n) is 4.56. The summed E-state index contributed by atoms with van der Waals surface area (Å²) >= 11 is 2.78. The molecule has 0 aliphatic carbocycles. The first-order chi connectivity index (χ1) is 14.2. The zero-order valence-electron chi connectivity index (χ0n) is 16.8. The van der Waals surface area contributed by atoms with Gasteiger partial charge < -0.3 is 15.1 Å². The van der Waals surface area contributed by atoms with E-state index in [2.05, 4.69) is 29.4 Å². The summed E-state index contributed by atoms with van der Waals surface area (Å²) in [6.45, 7) is 6.98. The molecular formula is C19H24F3N5OS2. The molecule has 0 spiro atoms. The van der Waals surface area contributed by atoms with Gasteiger partial charge in [0.2, 0.25) is 11.0 Å². The lowest BCUT2D eigenvalue weighted by Crippen LogP contribution is -2.49. The molecule has 1 aromatic carbocycles. The van der Waals surface area contributed by atoms with Crippen molar-refractivity contribution in [2.24, 2.45) is 5.92 Å². The number of nitrogens with one attached hydrogen (secondary N) is 1. The molecule has 0 saturated carbocycles. The molecule has 3 rings (SSSR count). The lowest BCUT2D eigenvalue weighted by molar-refractivity contribution is -0.137. The Labute approximate surface area is 181 Å². The van der Waals surface area contributed by atoms with Crippen LogP contribution < -0.4 is 10.2 Å². The third-order valence-corrected chi connectivity index (χ3v) is 6.56. The van der Waals surface area contributed by atoms with Crippen LogP contribution in [0.25, 0.3) is 0 Å². The second kappa shape index (κ2) is 9.86. The normalized spacial score (nSPS) is 15.0. The number of anilines is 2. The van der Waals surface area contributed by atoms with Crippen molar-refractivity contribution in [3.63, 3.8) is 0 Å². The minimum Gasteiger partial charge on any atom is -0.368 e. The maximum Gasteiger partial charge on any atom is 0.416 e. The molecule has 1 aliphatic heterocycles. The van der Waals surface area contributed by atoms with Gasteiger partial charge in [-0.15, -0.1) is 10.2 Å². The Morgan fingerprint density at radius 3 is 2.63 bits per heavy atom. The zero-order valence-corrected chi connectivity index (χ0v) is 18.4. The van der Waals surface area contributed by atoms with Crippen molar-refractivity contribution in [2.75, 3.05) is 48.7 Å². The minimum absolute atomic E-state index is 0.00409. The molecule has 2 aromatic rings. The number of thioether (sulfide) groups is 1. The topological polar surface area (TPSA) is 61.4 Å². The molecule has 1 fully saturated rings. The molecule has 2 heterocycles. The van der Waals surface area contributed by atoms with Crippen molar-refractivity contribution in [3.05, 3.63) is 29.8 Å². The van der Waals surface area contributed by atoms with Crippen molar-refractivity contribution >= 4 is 39.8 Å². The van der Waals surface area contributed by atoms with Gasteiger partial charge in [0.25, 0.3) is 0 Å². The molecule has 0 atom stereocenters. The van der Waals surface area contributed by atoms with E-state index in [0.717, 1.165) is 28.1 Å². The van der Waals surface area contributed by atoms with Crippen molar-refractivity contribution in [2.45, 2.75) is 24.4 Å². The average Bonchev–Trinajstić information content (AvgIpc) is 3.18. The van der Waals surface area contributed by atoms with E-state index in [1.54, 1.807) is 11.0 Å². The lowest BCUT2D eigenvalue weighted by Gasteiger charge is -2.36. The summed E-state index contributed by atoms with van der Waals surface area (Å²) in [5, 5.41) is 12.1. The minimum atomic E-state index is -4.36. The lowest BCUT2D eigenvalue weighted by atomic mass is 10.1. The quantitative estimate of drug-likeness (QED) is 0.630.